The third kappa shape index (κ3) is 4.51. The van der Waals surface area contributed by atoms with E-state index in [-0.39, 0.29) is 31.0 Å². The highest BCUT2D eigenvalue weighted by molar-refractivity contribution is 5.90. The number of rotatable bonds is 6. The van der Waals surface area contributed by atoms with E-state index in [1.165, 1.54) is 17.9 Å². The van der Waals surface area contributed by atoms with E-state index in [4.69, 9.17) is 4.74 Å². The van der Waals surface area contributed by atoms with Crippen LogP contribution in [0.2, 0.25) is 0 Å². The number of anilines is 2. The Hall–Kier alpha value is -3.61. The molecule has 2 amide bonds. The third-order valence-corrected chi connectivity index (χ3v) is 6.00. The van der Waals surface area contributed by atoms with E-state index in [9.17, 15) is 19.2 Å². The van der Waals surface area contributed by atoms with Crippen molar-refractivity contribution >= 4 is 23.4 Å². The summed E-state index contributed by atoms with van der Waals surface area (Å²) >= 11 is 0. The van der Waals surface area contributed by atoms with Crippen molar-refractivity contribution in [2.24, 2.45) is 5.92 Å². The lowest BCUT2D eigenvalue weighted by Gasteiger charge is -2.35. The van der Waals surface area contributed by atoms with Gasteiger partial charge in [-0.2, -0.15) is 5.26 Å². The van der Waals surface area contributed by atoms with Crippen LogP contribution in [0, 0.1) is 23.1 Å². The molecule has 168 valence electrons. The van der Waals surface area contributed by atoms with Crippen LogP contribution in [0.3, 0.4) is 0 Å². The van der Waals surface area contributed by atoms with Crippen LogP contribution in [0.5, 0.6) is 0 Å². The Labute approximate surface area is 185 Å². The Kier molecular flexibility index (Phi) is 6.25. The van der Waals surface area contributed by atoms with Gasteiger partial charge in [0.25, 0.3) is 0 Å². The molecule has 0 saturated carbocycles. The molecule has 10 heteroatoms. The van der Waals surface area contributed by atoms with Crippen LogP contribution in [0.1, 0.15) is 25.8 Å². The number of hydrogen-bond donors (Lipinski definition) is 1. The molecule has 2 fully saturated rings. The maximum absolute atomic E-state index is 15.0. The molecule has 1 aromatic heterocycles. The lowest BCUT2D eigenvalue weighted by atomic mass is 9.89. The van der Waals surface area contributed by atoms with Gasteiger partial charge in [-0.05, 0) is 37.0 Å². The average molecular weight is 440 g/mol. The molecule has 4 rings (SSSR count). The number of nitrogens with one attached hydrogen (secondary N) is 1. The van der Waals surface area contributed by atoms with Crippen molar-refractivity contribution in [3.8, 4) is 6.07 Å². The van der Waals surface area contributed by atoms with Crippen molar-refractivity contribution in [2.45, 2.75) is 31.9 Å². The minimum absolute atomic E-state index is 0.174. The molecule has 1 aromatic carbocycles. The Morgan fingerprint density at radius 1 is 1.41 bits per heavy atom. The van der Waals surface area contributed by atoms with Gasteiger partial charge in [-0.1, -0.05) is 0 Å². The predicted octanol–water partition coefficient (Wildman–Crippen LogP) is 2.46. The summed E-state index contributed by atoms with van der Waals surface area (Å²) in [7, 11) is 0. The number of ether oxygens (including phenoxy) is 1. The summed E-state index contributed by atoms with van der Waals surface area (Å²) < 4.78 is 22.0. The average Bonchev–Trinajstić information content (AvgIpc) is 3.43. The normalized spacial score (nSPS) is 20.0. The van der Waals surface area contributed by atoms with Gasteiger partial charge >= 0.3 is 6.09 Å². The molecule has 1 N–H and O–H groups in total. The summed E-state index contributed by atoms with van der Waals surface area (Å²) in [6.07, 6.45) is 5.61. The second-order valence-electron chi connectivity index (χ2n) is 8.10. The fourth-order valence-electron chi connectivity index (χ4n) is 4.32. The maximum atomic E-state index is 15.0. The number of halogens is 1. The molecule has 1 unspecified atom stereocenters. The van der Waals surface area contributed by atoms with Crippen LogP contribution in [0.4, 0.5) is 20.6 Å². The van der Waals surface area contributed by atoms with Crippen molar-refractivity contribution in [2.75, 3.05) is 36.0 Å². The molecule has 32 heavy (non-hydrogen) atoms. The molecule has 2 aromatic rings. The first-order valence-electron chi connectivity index (χ1n) is 10.6. The lowest BCUT2D eigenvalue weighted by molar-refractivity contribution is -0.119. The Bertz CT molecular complexity index is 1010. The molecule has 9 nitrogen and oxygen atoms in total. The first-order valence-corrected chi connectivity index (χ1v) is 10.6. The number of cyclic esters (lactones) is 1. The lowest BCUT2D eigenvalue weighted by Crippen LogP contribution is -2.37. The SMILES string of the molecule is CC(=O)NC[C@H]1CN(c2ccc(N3CCC(C(C#N)n4ccnc4)CC3)c(F)c2)C(=O)O1. The van der Waals surface area contributed by atoms with E-state index >= 15 is 0 Å². The van der Waals surface area contributed by atoms with Crippen molar-refractivity contribution in [3.05, 3.63) is 42.7 Å². The second kappa shape index (κ2) is 9.26. The van der Waals surface area contributed by atoms with E-state index in [0.717, 1.165) is 12.8 Å². The van der Waals surface area contributed by atoms with Gasteiger partial charge in [0.1, 0.15) is 18.0 Å². The molecular weight excluding hydrogens is 415 g/mol. The number of nitriles is 1. The minimum Gasteiger partial charge on any atom is -0.442 e. The number of amides is 2. The van der Waals surface area contributed by atoms with Crippen molar-refractivity contribution in [3.63, 3.8) is 0 Å². The van der Waals surface area contributed by atoms with E-state index in [0.29, 0.717) is 24.5 Å². The van der Waals surface area contributed by atoms with E-state index in [1.54, 1.807) is 30.9 Å². The van der Waals surface area contributed by atoms with Gasteiger partial charge in [0.15, 0.2) is 0 Å². The quantitative estimate of drug-likeness (QED) is 0.740. The van der Waals surface area contributed by atoms with Crippen LogP contribution < -0.4 is 15.1 Å². The number of aromatic nitrogens is 2. The molecule has 2 aliphatic heterocycles. The predicted molar refractivity (Wildman–Crippen MR) is 115 cm³/mol. The molecule has 0 aliphatic carbocycles. The molecular formula is C22H25FN6O3. The topological polar surface area (TPSA) is 103 Å². The van der Waals surface area contributed by atoms with Crippen molar-refractivity contribution in [1.82, 2.24) is 14.9 Å². The van der Waals surface area contributed by atoms with E-state index < -0.39 is 18.0 Å². The molecule has 3 heterocycles. The zero-order valence-electron chi connectivity index (χ0n) is 17.8. The Balaban J connectivity index is 1.39. The number of piperidine rings is 1. The maximum Gasteiger partial charge on any atom is 0.414 e. The fourth-order valence-corrected chi connectivity index (χ4v) is 4.32. The number of carbonyl (C=O) groups excluding carboxylic acids is 2. The third-order valence-electron chi connectivity index (χ3n) is 6.00. The highest BCUT2D eigenvalue weighted by Crippen LogP contribution is 2.33. The van der Waals surface area contributed by atoms with Gasteiger partial charge in [-0.15, -0.1) is 0 Å². The minimum atomic E-state index is -0.560. The number of benzene rings is 1. The van der Waals surface area contributed by atoms with Gasteiger partial charge in [0.2, 0.25) is 5.91 Å². The monoisotopic (exact) mass is 440 g/mol. The fraction of sp³-hybridized carbons (Fsp3) is 0.455. The summed E-state index contributed by atoms with van der Waals surface area (Å²) in [5.41, 5.74) is 0.895. The van der Waals surface area contributed by atoms with Crippen molar-refractivity contribution in [1.29, 1.82) is 5.26 Å². The summed E-state index contributed by atoms with van der Waals surface area (Å²) in [4.78, 5) is 30.6. The van der Waals surface area contributed by atoms with Crippen molar-refractivity contribution < 1.29 is 18.7 Å². The van der Waals surface area contributed by atoms with Gasteiger partial charge < -0.3 is 19.5 Å². The number of carbonyl (C=O) groups is 2. The molecule has 0 radical (unpaired) electrons. The summed E-state index contributed by atoms with van der Waals surface area (Å²) in [6, 6.07) is 6.80. The molecule has 2 aliphatic rings. The zero-order valence-corrected chi connectivity index (χ0v) is 17.8. The largest absolute Gasteiger partial charge is 0.442 e. The van der Waals surface area contributed by atoms with Crippen LogP contribution >= 0.6 is 0 Å². The van der Waals surface area contributed by atoms with Crippen LogP contribution in [0.25, 0.3) is 0 Å². The van der Waals surface area contributed by atoms with Gasteiger partial charge in [0, 0.05) is 32.4 Å². The summed E-state index contributed by atoms with van der Waals surface area (Å²) in [6.45, 7) is 3.13. The standard InChI is InChI=1S/C22H25FN6O3/c1-15(30)26-12-18-13-29(22(31)32-18)17-2-3-20(19(23)10-17)27-7-4-16(5-8-27)21(11-24)28-9-6-25-14-28/h2-3,6,9-10,14,16,18,21H,4-5,7-8,12-13H2,1H3,(H,26,30)/t18-,21?/m0/s1. The number of imidazole rings is 1. The number of nitrogens with zero attached hydrogens (tertiary/aromatic N) is 5. The zero-order chi connectivity index (χ0) is 22.7. The molecule has 2 saturated heterocycles. The van der Waals surface area contributed by atoms with Crippen LogP contribution in [-0.2, 0) is 9.53 Å². The molecule has 2 atom stereocenters. The van der Waals surface area contributed by atoms with Gasteiger partial charge in [-0.25, -0.2) is 14.2 Å². The molecule has 0 spiro atoms. The molecule has 0 bridgehead atoms. The first kappa shape index (κ1) is 21.6. The highest BCUT2D eigenvalue weighted by atomic mass is 19.1. The summed E-state index contributed by atoms with van der Waals surface area (Å²) in [5.74, 6) is -0.442. The number of hydrogen-bond acceptors (Lipinski definition) is 6. The van der Waals surface area contributed by atoms with Crippen LogP contribution in [-0.4, -0.2) is 53.8 Å². The first-order chi connectivity index (χ1) is 15.5. The Morgan fingerprint density at radius 3 is 2.81 bits per heavy atom. The second-order valence-corrected chi connectivity index (χ2v) is 8.10. The highest BCUT2D eigenvalue weighted by Gasteiger charge is 2.33. The van der Waals surface area contributed by atoms with Gasteiger partial charge in [0.05, 0.1) is 36.9 Å². The summed E-state index contributed by atoms with van der Waals surface area (Å²) in [5, 5.41) is 12.2. The smallest absolute Gasteiger partial charge is 0.414 e. The Morgan fingerprint density at radius 2 is 2.19 bits per heavy atom. The van der Waals surface area contributed by atoms with Gasteiger partial charge in [-0.3, -0.25) is 9.69 Å². The van der Waals surface area contributed by atoms with Crippen LogP contribution in [0.15, 0.2) is 36.9 Å². The van der Waals surface area contributed by atoms with E-state index in [1.807, 2.05) is 9.47 Å². The van der Waals surface area contributed by atoms with E-state index in [2.05, 4.69) is 16.4 Å².